The molecule has 1 aliphatic heterocycles. The average molecular weight is 349 g/mol. The number of ether oxygens (including phenoxy) is 1. The Bertz CT molecular complexity index is 608. The highest BCUT2D eigenvalue weighted by Gasteiger charge is 2.48. The largest absolute Gasteiger partial charge is 0.467 e. The zero-order valence-corrected chi connectivity index (χ0v) is 15.5. The van der Waals surface area contributed by atoms with Crippen LogP contribution in [0.2, 0.25) is 0 Å². The first-order valence-electron chi connectivity index (χ1n) is 8.41. The number of benzene rings is 1. The van der Waals surface area contributed by atoms with E-state index >= 15 is 0 Å². The molecule has 1 fully saturated rings. The highest BCUT2D eigenvalue weighted by atomic mass is 16.7. The van der Waals surface area contributed by atoms with Crippen molar-refractivity contribution in [1.29, 1.82) is 0 Å². The summed E-state index contributed by atoms with van der Waals surface area (Å²) in [6, 6.07) is 8.53. The van der Waals surface area contributed by atoms with Crippen LogP contribution in [-0.4, -0.2) is 52.3 Å². The zero-order chi connectivity index (χ0) is 18.8. The van der Waals surface area contributed by atoms with Crippen LogP contribution in [0.25, 0.3) is 0 Å². The van der Waals surface area contributed by atoms with Crippen molar-refractivity contribution >= 4 is 11.8 Å². The number of nitrogens with zero attached hydrogens (tertiary/aromatic N) is 1. The molecule has 25 heavy (non-hydrogen) atoms. The number of piperidine rings is 1. The molecule has 0 amide bonds. The molecule has 1 heterocycles. The minimum Gasteiger partial charge on any atom is -0.467 e. The monoisotopic (exact) mass is 349 g/mol. The molecule has 0 aliphatic carbocycles. The van der Waals surface area contributed by atoms with Crippen molar-refractivity contribution in [3.8, 4) is 0 Å². The summed E-state index contributed by atoms with van der Waals surface area (Å²) < 4.78 is 4.79. The Labute approximate surface area is 148 Å². The van der Waals surface area contributed by atoms with E-state index in [2.05, 4.69) is 0 Å². The van der Waals surface area contributed by atoms with E-state index in [9.17, 15) is 14.7 Å². The van der Waals surface area contributed by atoms with Gasteiger partial charge in [-0.25, -0.2) is 4.79 Å². The van der Waals surface area contributed by atoms with Gasteiger partial charge in [-0.3, -0.25) is 9.63 Å². The van der Waals surface area contributed by atoms with Crippen LogP contribution < -0.4 is 0 Å². The summed E-state index contributed by atoms with van der Waals surface area (Å²) in [5.74, 6) is -1.20. The summed E-state index contributed by atoms with van der Waals surface area (Å²) in [7, 11) is 1.23. The van der Waals surface area contributed by atoms with Gasteiger partial charge < -0.3 is 9.84 Å². The minimum atomic E-state index is -1.39. The van der Waals surface area contributed by atoms with Gasteiger partial charge in [0.2, 0.25) is 11.9 Å². The van der Waals surface area contributed by atoms with E-state index in [1.807, 2.05) is 27.7 Å². The van der Waals surface area contributed by atoms with Gasteiger partial charge in [-0.15, -0.1) is 0 Å². The Morgan fingerprint density at radius 2 is 1.64 bits per heavy atom. The number of esters is 1. The van der Waals surface area contributed by atoms with Crippen molar-refractivity contribution in [1.82, 2.24) is 5.06 Å². The molecule has 2 rings (SSSR count). The maximum Gasteiger partial charge on any atom is 0.345 e. The van der Waals surface area contributed by atoms with Crippen molar-refractivity contribution in [3.05, 3.63) is 35.9 Å². The first kappa shape index (κ1) is 19.6. The Kier molecular flexibility index (Phi) is 5.66. The lowest BCUT2D eigenvalue weighted by Crippen LogP contribution is -2.63. The molecule has 0 radical (unpaired) electrons. The third-order valence-corrected chi connectivity index (χ3v) is 4.49. The maximum absolute atomic E-state index is 12.8. The lowest BCUT2D eigenvalue weighted by molar-refractivity contribution is -0.302. The number of aliphatic hydroxyl groups excluding tert-OH is 1. The van der Waals surface area contributed by atoms with Gasteiger partial charge in [-0.2, -0.15) is 5.06 Å². The van der Waals surface area contributed by atoms with Crippen molar-refractivity contribution in [3.63, 3.8) is 0 Å². The second-order valence-corrected chi connectivity index (χ2v) is 7.72. The second-order valence-electron chi connectivity index (χ2n) is 7.72. The molecule has 0 aromatic heterocycles. The van der Waals surface area contributed by atoms with E-state index in [1.54, 1.807) is 35.4 Å². The van der Waals surface area contributed by atoms with E-state index in [1.165, 1.54) is 7.11 Å². The van der Waals surface area contributed by atoms with Crippen LogP contribution in [0.5, 0.6) is 0 Å². The number of hydrogen-bond donors (Lipinski definition) is 1. The summed E-state index contributed by atoms with van der Waals surface area (Å²) in [5, 5.41) is 11.8. The van der Waals surface area contributed by atoms with Crippen LogP contribution in [0.4, 0.5) is 0 Å². The van der Waals surface area contributed by atoms with E-state index < -0.39 is 35.0 Å². The van der Waals surface area contributed by atoms with Gasteiger partial charge in [0.05, 0.1) is 13.2 Å². The van der Waals surface area contributed by atoms with Crippen molar-refractivity contribution in [2.75, 3.05) is 7.11 Å². The van der Waals surface area contributed by atoms with Gasteiger partial charge in [-0.05, 0) is 40.5 Å². The number of carbonyl (C=O) groups excluding carboxylic acids is 2. The third kappa shape index (κ3) is 4.26. The third-order valence-electron chi connectivity index (χ3n) is 4.49. The van der Waals surface area contributed by atoms with Gasteiger partial charge >= 0.3 is 5.97 Å². The Morgan fingerprint density at radius 3 is 2.12 bits per heavy atom. The van der Waals surface area contributed by atoms with E-state index in [0.29, 0.717) is 18.4 Å². The minimum absolute atomic E-state index is 0.380. The highest BCUT2D eigenvalue weighted by Crippen LogP contribution is 2.39. The molecule has 1 atom stereocenters. The van der Waals surface area contributed by atoms with Crippen LogP contribution in [0.1, 0.15) is 50.9 Å². The van der Waals surface area contributed by atoms with Crippen molar-refractivity contribution in [2.45, 2.75) is 63.8 Å². The number of hydrogen-bond acceptors (Lipinski definition) is 6. The quantitative estimate of drug-likeness (QED) is 0.500. The standard InChI is InChI=1S/C19H27NO5/c1-18(2)11-14(21)12-19(3,4)20(18)25-16(17(23)24-5)15(22)13-9-7-6-8-10-13/h6-10,14,16,21H,11-12H2,1-5H3. The van der Waals surface area contributed by atoms with Crippen LogP contribution in [-0.2, 0) is 14.4 Å². The molecule has 0 spiro atoms. The normalized spacial score (nSPS) is 21.5. The summed E-state index contributed by atoms with van der Waals surface area (Å²) in [5.41, 5.74) is -0.722. The molecule has 0 bridgehead atoms. The van der Waals surface area contributed by atoms with Gasteiger partial charge in [0.25, 0.3) is 0 Å². The first-order chi connectivity index (χ1) is 11.6. The summed E-state index contributed by atoms with van der Waals surface area (Å²) in [6.45, 7) is 7.66. The zero-order valence-electron chi connectivity index (χ0n) is 15.5. The van der Waals surface area contributed by atoms with Crippen LogP contribution in [0.3, 0.4) is 0 Å². The van der Waals surface area contributed by atoms with Gasteiger partial charge in [-0.1, -0.05) is 30.3 Å². The molecule has 1 aromatic rings. The summed E-state index contributed by atoms with van der Waals surface area (Å²) in [6.07, 6.45) is -0.902. The molecule has 1 N–H and O–H groups in total. The fourth-order valence-corrected chi connectivity index (χ4v) is 3.66. The van der Waals surface area contributed by atoms with Gasteiger partial charge in [0.1, 0.15) is 0 Å². The predicted molar refractivity (Wildman–Crippen MR) is 92.9 cm³/mol. The SMILES string of the molecule is COC(=O)C(ON1C(C)(C)CC(O)CC1(C)C)C(=O)c1ccccc1. The molecule has 1 saturated heterocycles. The molecule has 1 unspecified atom stereocenters. The Balaban J connectivity index is 2.33. The summed E-state index contributed by atoms with van der Waals surface area (Å²) >= 11 is 0. The molecule has 138 valence electrons. The number of aliphatic hydroxyl groups is 1. The topological polar surface area (TPSA) is 76.1 Å². The maximum atomic E-state index is 12.8. The number of methoxy groups -OCH3 is 1. The highest BCUT2D eigenvalue weighted by molar-refractivity contribution is 6.11. The van der Waals surface area contributed by atoms with Crippen LogP contribution in [0.15, 0.2) is 30.3 Å². The van der Waals surface area contributed by atoms with Crippen LogP contribution in [0, 0.1) is 0 Å². The van der Waals surface area contributed by atoms with Gasteiger partial charge in [0, 0.05) is 16.6 Å². The fourth-order valence-electron chi connectivity index (χ4n) is 3.66. The van der Waals surface area contributed by atoms with E-state index in [4.69, 9.17) is 9.57 Å². The fraction of sp³-hybridized carbons (Fsp3) is 0.579. The van der Waals surface area contributed by atoms with Crippen molar-refractivity contribution in [2.24, 2.45) is 0 Å². The molecular formula is C19H27NO5. The van der Waals surface area contributed by atoms with Crippen LogP contribution >= 0.6 is 0 Å². The van der Waals surface area contributed by atoms with Gasteiger partial charge in [0.15, 0.2) is 0 Å². The smallest absolute Gasteiger partial charge is 0.345 e. The lowest BCUT2D eigenvalue weighted by Gasteiger charge is -2.53. The summed E-state index contributed by atoms with van der Waals surface area (Å²) in [4.78, 5) is 31.0. The molecular weight excluding hydrogens is 322 g/mol. The first-order valence-corrected chi connectivity index (χ1v) is 8.41. The molecule has 6 heteroatoms. The average Bonchev–Trinajstić information content (AvgIpc) is 2.52. The van der Waals surface area contributed by atoms with E-state index in [-0.39, 0.29) is 0 Å². The number of carbonyl (C=O) groups is 2. The number of Topliss-reactive ketones (excluding diaryl/α,β-unsaturated/α-hetero) is 1. The Morgan fingerprint density at radius 1 is 1.12 bits per heavy atom. The predicted octanol–water partition coefficient (Wildman–Crippen LogP) is 2.36. The molecule has 0 saturated carbocycles. The number of hydroxylamine groups is 2. The molecule has 1 aliphatic rings. The number of ketones is 1. The number of rotatable bonds is 5. The van der Waals surface area contributed by atoms with Crippen molar-refractivity contribution < 1.29 is 24.3 Å². The lowest BCUT2D eigenvalue weighted by atomic mass is 9.80. The molecule has 6 nitrogen and oxygen atoms in total. The van der Waals surface area contributed by atoms with E-state index in [0.717, 1.165) is 0 Å². The molecule has 1 aromatic carbocycles. The second kappa shape index (κ2) is 7.23. The Hall–Kier alpha value is -1.76.